The van der Waals surface area contributed by atoms with Crippen LogP contribution in [0.2, 0.25) is 18.1 Å². The van der Waals surface area contributed by atoms with Crippen LogP contribution in [0, 0.1) is 11.5 Å². The highest BCUT2D eigenvalue weighted by atomic mass is 28.3. The second kappa shape index (κ2) is 11.6. The van der Waals surface area contributed by atoms with Crippen molar-refractivity contribution in [3.63, 3.8) is 0 Å². The molecule has 1 unspecified atom stereocenters. The Kier molecular flexibility index (Phi) is 8.50. The normalized spacial score (nSPS) is 13.7. The third-order valence-electron chi connectivity index (χ3n) is 7.81. The van der Waals surface area contributed by atoms with E-state index >= 15 is 8.78 Å². The fourth-order valence-corrected chi connectivity index (χ4v) is 7.70. The fraction of sp³-hybridized carbons (Fsp3) is 0.344. The van der Waals surface area contributed by atoms with Gasteiger partial charge in [0.1, 0.15) is 14.1 Å². The van der Waals surface area contributed by atoms with E-state index in [0.29, 0.717) is 11.1 Å². The van der Waals surface area contributed by atoms with E-state index in [2.05, 4.69) is 37.6 Å². The highest BCUT2D eigenvalue weighted by Crippen LogP contribution is 2.45. The van der Waals surface area contributed by atoms with Crippen LogP contribution in [0.3, 0.4) is 0 Å². The van der Waals surface area contributed by atoms with Crippen LogP contribution in [0.1, 0.15) is 66.8 Å². The lowest BCUT2D eigenvalue weighted by Gasteiger charge is -2.29. The smallest absolute Gasteiger partial charge is 0.338 e. The first kappa shape index (κ1) is 27.8. The first-order valence-electron chi connectivity index (χ1n) is 13.4. The molecule has 3 aromatic rings. The number of alkyl halides is 2. The van der Waals surface area contributed by atoms with Crippen molar-refractivity contribution in [3.05, 3.63) is 95.1 Å². The monoisotopic (exact) mass is 531 g/mol. The predicted octanol–water partition coefficient (Wildman–Crippen LogP) is 7.95. The lowest BCUT2D eigenvalue weighted by Crippen LogP contribution is -2.39. The van der Waals surface area contributed by atoms with Gasteiger partial charge in [0, 0.05) is 0 Å². The molecule has 6 heteroatoms. The molecule has 3 aromatic carbocycles. The average molecular weight is 532 g/mol. The van der Waals surface area contributed by atoms with E-state index < -0.39 is 32.0 Å². The maximum atomic E-state index is 16.2. The SMILES string of the molecule is CCOC(=O)c1ccc(C(NC2c3ccccc3-c3ccccc32)C(F)(F)C#C[Si](CC)(CC)CC)cc1. The molecule has 0 saturated carbocycles. The predicted molar refractivity (Wildman–Crippen MR) is 152 cm³/mol. The van der Waals surface area contributed by atoms with E-state index in [9.17, 15) is 4.79 Å². The Morgan fingerprint density at radius 3 is 1.92 bits per heavy atom. The molecule has 1 N–H and O–H groups in total. The lowest BCUT2D eigenvalue weighted by atomic mass is 9.96. The van der Waals surface area contributed by atoms with Gasteiger partial charge in [-0.25, -0.2) is 4.79 Å². The summed E-state index contributed by atoms with van der Waals surface area (Å²) in [5.41, 5.74) is 7.82. The number of hydrogen-bond donors (Lipinski definition) is 1. The van der Waals surface area contributed by atoms with Crippen molar-refractivity contribution in [3.8, 4) is 22.6 Å². The molecule has 0 amide bonds. The maximum absolute atomic E-state index is 16.2. The maximum Gasteiger partial charge on any atom is 0.338 e. The van der Waals surface area contributed by atoms with Crippen LogP contribution in [0.5, 0.6) is 0 Å². The van der Waals surface area contributed by atoms with E-state index in [1.165, 1.54) is 0 Å². The Labute approximate surface area is 225 Å². The van der Waals surface area contributed by atoms with Gasteiger partial charge >= 0.3 is 11.9 Å². The molecule has 0 saturated heterocycles. The van der Waals surface area contributed by atoms with Gasteiger partial charge in [-0.15, -0.1) is 5.54 Å². The number of carbonyl (C=O) groups excluding carboxylic acids is 1. The molecule has 0 bridgehead atoms. The van der Waals surface area contributed by atoms with Crippen LogP contribution < -0.4 is 5.32 Å². The van der Waals surface area contributed by atoms with Gasteiger partial charge in [-0.1, -0.05) is 81.4 Å². The summed E-state index contributed by atoms with van der Waals surface area (Å²) in [6.07, 6.45) is 0. The minimum Gasteiger partial charge on any atom is -0.462 e. The molecule has 38 heavy (non-hydrogen) atoms. The minimum absolute atomic E-state index is 0.247. The number of nitrogens with one attached hydrogen (secondary N) is 1. The number of halogens is 2. The molecule has 1 atom stereocenters. The van der Waals surface area contributed by atoms with Crippen molar-refractivity contribution in [2.24, 2.45) is 0 Å². The van der Waals surface area contributed by atoms with Crippen molar-refractivity contribution in [2.75, 3.05) is 6.61 Å². The molecule has 198 valence electrons. The summed E-state index contributed by atoms with van der Waals surface area (Å²) in [6, 6.07) is 22.8. The molecule has 0 spiro atoms. The van der Waals surface area contributed by atoms with E-state index in [4.69, 9.17) is 4.74 Å². The molecule has 1 aliphatic carbocycles. The average Bonchev–Trinajstić information content (AvgIpc) is 3.26. The van der Waals surface area contributed by atoms with Gasteiger partial charge in [-0.05, 0) is 70.9 Å². The molecule has 0 radical (unpaired) electrons. The number of fused-ring (bicyclic) bond motifs is 3. The summed E-state index contributed by atoms with van der Waals surface area (Å²) >= 11 is 0. The molecule has 0 aliphatic heterocycles. The summed E-state index contributed by atoms with van der Waals surface area (Å²) in [5.74, 6) is -1.36. The fourth-order valence-electron chi connectivity index (χ4n) is 5.24. The molecule has 1 aliphatic rings. The van der Waals surface area contributed by atoms with Crippen molar-refractivity contribution < 1.29 is 18.3 Å². The van der Waals surface area contributed by atoms with Gasteiger partial charge in [0.15, 0.2) is 0 Å². The van der Waals surface area contributed by atoms with Gasteiger partial charge < -0.3 is 4.74 Å². The Hall–Kier alpha value is -3.27. The van der Waals surface area contributed by atoms with Crippen molar-refractivity contribution in [1.29, 1.82) is 0 Å². The van der Waals surface area contributed by atoms with Crippen LogP contribution in [-0.2, 0) is 4.74 Å². The standard InChI is InChI=1S/C32H35F2NO2Si/c1-5-37-31(36)24-19-17-23(18-20-24)30(32(33,34)21-22-38(6-2,7-3)8-4)35-29-27-15-11-9-13-25(27)26-14-10-12-16-28(26)29/h9-20,29-30,35H,5-8H2,1-4H3. The number of rotatable bonds is 9. The van der Waals surface area contributed by atoms with Crippen LogP contribution in [0.4, 0.5) is 8.78 Å². The van der Waals surface area contributed by atoms with Gasteiger partial charge in [0.05, 0.1) is 18.2 Å². The summed E-state index contributed by atoms with van der Waals surface area (Å²) in [7, 11) is -2.10. The van der Waals surface area contributed by atoms with Crippen molar-refractivity contribution in [2.45, 2.75) is 63.8 Å². The van der Waals surface area contributed by atoms with Gasteiger partial charge in [-0.2, -0.15) is 8.78 Å². The molecule has 3 nitrogen and oxygen atoms in total. The Morgan fingerprint density at radius 2 is 1.42 bits per heavy atom. The lowest BCUT2D eigenvalue weighted by molar-refractivity contribution is 0.0189. The summed E-state index contributed by atoms with van der Waals surface area (Å²) in [4.78, 5) is 12.2. The van der Waals surface area contributed by atoms with E-state index in [0.717, 1.165) is 40.4 Å². The van der Waals surface area contributed by atoms with Crippen molar-refractivity contribution >= 4 is 14.0 Å². The molecular weight excluding hydrogens is 496 g/mol. The number of carbonyl (C=O) groups is 1. The first-order chi connectivity index (χ1) is 18.3. The molecule has 0 aromatic heterocycles. The second-order valence-electron chi connectivity index (χ2n) is 9.76. The zero-order valence-electron chi connectivity index (χ0n) is 22.5. The third-order valence-corrected chi connectivity index (χ3v) is 12.5. The largest absolute Gasteiger partial charge is 0.462 e. The highest BCUT2D eigenvalue weighted by Gasteiger charge is 2.43. The summed E-state index contributed by atoms with van der Waals surface area (Å²) < 4.78 is 37.5. The van der Waals surface area contributed by atoms with E-state index in [1.807, 2.05) is 48.5 Å². The van der Waals surface area contributed by atoms with Crippen molar-refractivity contribution in [1.82, 2.24) is 5.32 Å². The molecule has 0 fully saturated rings. The zero-order chi connectivity index (χ0) is 27.3. The van der Waals surface area contributed by atoms with Crippen LogP contribution in [0.25, 0.3) is 11.1 Å². The second-order valence-corrected chi connectivity index (χ2v) is 14.7. The van der Waals surface area contributed by atoms with Gasteiger partial charge in [0.2, 0.25) is 0 Å². The summed E-state index contributed by atoms with van der Waals surface area (Å²) in [5, 5.41) is 3.30. The van der Waals surface area contributed by atoms with Crippen LogP contribution in [-0.4, -0.2) is 26.6 Å². The highest BCUT2D eigenvalue weighted by molar-refractivity contribution is 6.87. The Balaban J connectivity index is 1.79. The zero-order valence-corrected chi connectivity index (χ0v) is 23.5. The number of esters is 1. The van der Waals surface area contributed by atoms with E-state index in [1.54, 1.807) is 31.2 Å². The van der Waals surface area contributed by atoms with E-state index in [-0.39, 0.29) is 6.61 Å². The summed E-state index contributed by atoms with van der Waals surface area (Å²) in [6.45, 7) is 8.15. The van der Waals surface area contributed by atoms with Gasteiger partial charge in [-0.3, -0.25) is 5.32 Å². The van der Waals surface area contributed by atoms with Crippen LogP contribution >= 0.6 is 0 Å². The first-order valence-corrected chi connectivity index (χ1v) is 16.0. The number of benzene rings is 3. The topological polar surface area (TPSA) is 38.3 Å². The Bertz CT molecular complexity index is 1290. The minimum atomic E-state index is -3.34. The Morgan fingerprint density at radius 1 is 0.895 bits per heavy atom. The van der Waals surface area contributed by atoms with Crippen LogP contribution in [0.15, 0.2) is 72.8 Å². The molecule has 4 rings (SSSR count). The van der Waals surface area contributed by atoms with Gasteiger partial charge in [0.25, 0.3) is 0 Å². The quantitative estimate of drug-likeness (QED) is 0.173. The number of ether oxygens (including phenoxy) is 1. The number of hydrogen-bond acceptors (Lipinski definition) is 3. The molecular formula is C32H35F2NO2Si. The third kappa shape index (κ3) is 5.45. The molecule has 0 heterocycles.